The Bertz CT molecular complexity index is 609. The third kappa shape index (κ3) is 4.85. The molecule has 0 radical (unpaired) electrons. The maximum atomic E-state index is 12.8. The van der Waals surface area contributed by atoms with Gasteiger partial charge >= 0.3 is 0 Å². The third-order valence-corrected chi connectivity index (χ3v) is 5.67. The molecule has 0 aliphatic carbocycles. The Labute approximate surface area is 156 Å². The highest BCUT2D eigenvalue weighted by molar-refractivity contribution is 5.89. The number of likely N-dealkylation sites (N-methyl/N-ethyl adjacent to an activating group) is 1. The van der Waals surface area contributed by atoms with Crippen LogP contribution in [-0.2, 0) is 16.0 Å². The van der Waals surface area contributed by atoms with Crippen molar-refractivity contribution in [2.45, 2.75) is 25.7 Å². The standard InChI is InChI=1S/C21H31N3O2/c1-22(2)12-13-24-16-19(15-20(24)25)21(26)23-10-8-18(9-11-23)14-17-6-4-3-5-7-17/h3-7,18-19H,8-16H2,1-2H3. The van der Waals surface area contributed by atoms with E-state index in [9.17, 15) is 9.59 Å². The van der Waals surface area contributed by atoms with E-state index in [1.165, 1.54) is 5.56 Å². The molecule has 0 spiro atoms. The summed E-state index contributed by atoms with van der Waals surface area (Å²) in [5.41, 5.74) is 1.38. The maximum Gasteiger partial charge on any atom is 0.227 e. The molecule has 2 fully saturated rings. The molecule has 0 N–H and O–H groups in total. The molecular formula is C21H31N3O2. The van der Waals surface area contributed by atoms with Gasteiger partial charge in [0.2, 0.25) is 11.8 Å². The highest BCUT2D eigenvalue weighted by atomic mass is 16.2. The lowest BCUT2D eigenvalue weighted by molar-refractivity contribution is -0.137. The Morgan fingerprint density at radius 3 is 2.50 bits per heavy atom. The monoisotopic (exact) mass is 357 g/mol. The van der Waals surface area contributed by atoms with E-state index in [4.69, 9.17) is 0 Å². The molecule has 2 saturated heterocycles. The summed E-state index contributed by atoms with van der Waals surface area (Å²) in [5, 5.41) is 0. The molecule has 1 unspecified atom stereocenters. The fourth-order valence-electron chi connectivity index (χ4n) is 4.04. The summed E-state index contributed by atoms with van der Waals surface area (Å²) < 4.78 is 0. The van der Waals surface area contributed by atoms with Gasteiger partial charge in [0.05, 0.1) is 5.92 Å². The molecule has 2 aliphatic rings. The normalized spacial score (nSPS) is 21.7. The molecule has 1 atom stereocenters. The minimum Gasteiger partial charge on any atom is -0.342 e. The molecule has 0 aromatic heterocycles. The Kier molecular flexibility index (Phi) is 6.30. The van der Waals surface area contributed by atoms with Crippen LogP contribution >= 0.6 is 0 Å². The molecule has 142 valence electrons. The summed E-state index contributed by atoms with van der Waals surface area (Å²) in [4.78, 5) is 30.9. The second-order valence-electron chi connectivity index (χ2n) is 8.00. The van der Waals surface area contributed by atoms with Crippen molar-refractivity contribution in [1.82, 2.24) is 14.7 Å². The molecule has 26 heavy (non-hydrogen) atoms. The van der Waals surface area contributed by atoms with E-state index in [2.05, 4.69) is 35.2 Å². The van der Waals surface area contributed by atoms with E-state index in [-0.39, 0.29) is 17.7 Å². The average Bonchev–Trinajstić information content (AvgIpc) is 3.02. The van der Waals surface area contributed by atoms with Crippen LogP contribution in [0.4, 0.5) is 0 Å². The van der Waals surface area contributed by atoms with Crippen molar-refractivity contribution >= 4 is 11.8 Å². The lowest BCUT2D eigenvalue weighted by atomic mass is 9.89. The fraction of sp³-hybridized carbons (Fsp3) is 0.619. The zero-order valence-corrected chi connectivity index (χ0v) is 16.1. The number of benzene rings is 1. The number of likely N-dealkylation sites (tertiary alicyclic amines) is 2. The first-order valence-electron chi connectivity index (χ1n) is 9.78. The van der Waals surface area contributed by atoms with Crippen LogP contribution in [0.5, 0.6) is 0 Å². The van der Waals surface area contributed by atoms with Gasteiger partial charge in [0, 0.05) is 39.1 Å². The van der Waals surface area contributed by atoms with E-state index in [0.717, 1.165) is 45.4 Å². The van der Waals surface area contributed by atoms with E-state index in [1.807, 2.05) is 23.9 Å². The summed E-state index contributed by atoms with van der Waals surface area (Å²) in [6.07, 6.45) is 3.61. The zero-order chi connectivity index (χ0) is 18.5. The molecule has 5 heteroatoms. The largest absolute Gasteiger partial charge is 0.342 e. The summed E-state index contributed by atoms with van der Waals surface area (Å²) in [6, 6.07) is 10.6. The van der Waals surface area contributed by atoms with E-state index < -0.39 is 0 Å². The quantitative estimate of drug-likeness (QED) is 0.781. The average molecular weight is 357 g/mol. The zero-order valence-electron chi connectivity index (χ0n) is 16.1. The van der Waals surface area contributed by atoms with Gasteiger partial charge in [-0.05, 0) is 44.8 Å². The maximum absolute atomic E-state index is 12.8. The molecule has 2 aliphatic heterocycles. The number of nitrogens with zero attached hydrogens (tertiary/aromatic N) is 3. The van der Waals surface area contributed by atoms with Crippen molar-refractivity contribution in [1.29, 1.82) is 0 Å². The van der Waals surface area contributed by atoms with Crippen LogP contribution in [0.25, 0.3) is 0 Å². The van der Waals surface area contributed by atoms with Crippen LogP contribution in [0.15, 0.2) is 30.3 Å². The second-order valence-corrected chi connectivity index (χ2v) is 8.00. The number of piperidine rings is 1. The number of rotatable bonds is 6. The molecular weight excluding hydrogens is 326 g/mol. The van der Waals surface area contributed by atoms with Crippen LogP contribution in [0.2, 0.25) is 0 Å². The van der Waals surface area contributed by atoms with E-state index >= 15 is 0 Å². The first kappa shape index (κ1) is 18.9. The summed E-state index contributed by atoms with van der Waals surface area (Å²) >= 11 is 0. The van der Waals surface area contributed by atoms with Gasteiger partial charge in [0.1, 0.15) is 0 Å². The molecule has 3 rings (SSSR count). The van der Waals surface area contributed by atoms with Crippen LogP contribution in [0.3, 0.4) is 0 Å². The van der Waals surface area contributed by atoms with Crippen molar-refractivity contribution in [3.63, 3.8) is 0 Å². The Balaban J connectivity index is 1.46. The SMILES string of the molecule is CN(C)CCN1CC(C(=O)N2CCC(Cc3ccccc3)CC2)CC1=O. The molecule has 1 aromatic carbocycles. The van der Waals surface area contributed by atoms with Crippen LogP contribution in [0, 0.1) is 11.8 Å². The Morgan fingerprint density at radius 2 is 1.85 bits per heavy atom. The fourth-order valence-corrected chi connectivity index (χ4v) is 4.04. The minimum atomic E-state index is -0.143. The number of hydrogen-bond donors (Lipinski definition) is 0. The van der Waals surface area contributed by atoms with Crippen molar-refractivity contribution in [3.05, 3.63) is 35.9 Å². The highest BCUT2D eigenvalue weighted by Crippen LogP contribution is 2.25. The van der Waals surface area contributed by atoms with Crippen molar-refractivity contribution in [3.8, 4) is 0 Å². The van der Waals surface area contributed by atoms with Gasteiger partial charge in [-0.25, -0.2) is 0 Å². The third-order valence-electron chi connectivity index (χ3n) is 5.67. The van der Waals surface area contributed by atoms with Gasteiger partial charge in [-0.15, -0.1) is 0 Å². The van der Waals surface area contributed by atoms with Crippen molar-refractivity contribution in [2.75, 3.05) is 46.8 Å². The number of carbonyl (C=O) groups excluding carboxylic acids is 2. The predicted octanol–water partition coefficient (Wildman–Crippen LogP) is 1.88. The summed E-state index contributed by atoms with van der Waals surface area (Å²) in [6.45, 7) is 3.82. The van der Waals surface area contributed by atoms with Gasteiger partial charge in [-0.2, -0.15) is 0 Å². The minimum absolute atomic E-state index is 0.129. The smallest absolute Gasteiger partial charge is 0.227 e. The van der Waals surface area contributed by atoms with Gasteiger partial charge < -0.3 is 14.7 Å². The van der Waals surface area contributed by atoms with Crippen LogP contribution in [-0.4, -0.2) is 73.3 Å². The number of hydrogen-bond acceptors (Lipinski definition) is 3. The Hall–Kier alpha value is -1.88. The van der Waals surface area contributed by atoms with Crippen LogP contribution in [0.1, 0.15) is 24.8 Å². The molecule has 5 nitrogen and oxygen atoms in total. The summed E-state index contributed by atoms with van der Waals surface area (Å²) in [7, 11) is 4.01. The first-order valence-corrected chi connectivity index (χ1v) is 9.78. The molecule has 0 bridgehead atoms. The molecule has 1 aromatic rings. The summed E-state index contributed by atoms with van der Waals surface area (Å²) in [5.74, 6) is 0.826. The lowest BCUT2D eigenvalue weighted by Crippen LogP contribution is -2.43. The molecule has 2 amide bonds. The Morgan fingerprint density at radius 1 is 1.15 bits per heavy atom. The van der Waals surface area contributed by atoms with Gasteiger partial charge in [0.25, 0.3) is 0 Å². The molecule has 0 saturated carbocycles. The lowest BCUT2D eigenvalue weighted by Gasteiger charge is -2.33. The first-order chi connectivity index (χ1) is 12.5. The number of carbonyl (C=O) groups is 2. The van der Waals surface area contributed by atoms with E-state index in [0.29, 0.717) is 18.9 Å². The van der Waals surface area contributed by atoms with Gasteiger partial charge in [0.15, 0.2) is 0 Å². The predicted molar refractivity (Wildman–Crippen MR) is 103 cm³/mol. The van der Waals surface area contributed by atoms with Crippen molar-refractivity contribution in [2.24, 2.45) is 11.8 Å². The second kappa shape index (κ2) is 8.67. The number of amides is 2. The molecule has 2 heterocycles. The highest BCUT2D eigenvalue weighted by Gasteiger charge is 2.37. The van der Waals surface area contributed by atoms with E-state index in [1.54, 1.807) is 0 Å². The van der Waals surface area contributed by atoms with Crippen molar-refractivity contribution < 1.29 is 9.59 Å². The topological polar surface area (TPSA) is 43.9 Å². The van der Waals surface area contributed by atoms with Gasteiger partial charge in [-0.3, -0.25) is 9.59 Å². The van der Waals surface area contributed by atoms with Gasteiger partial charge in [-0.1, -0.05) is 30.3 Å². The van der Waals surface area contributed by atoms with Crippen LogP contribution < -0.4 is 0 Å².